The molecule has 1 heteroatoms. The van der Waals surface area contributed by atoms with E-state index >= 15 is 0 Å². The highest BCUT2D eigenvalue weighted by molar-refractivity contribution is 4.73. The van der Waals surface area contributed by atoms with Crippen molar-refractivity contribution in [1.82, 2.24) is 5.32 Å². The smallest absolute Gasteiger partial charge is 0.00670 e. The monoisotopic (exact) mass is 209 g/mol. The third-order valence-electron chi connectivity index (χ3n) is 4.32. The first-order chi connectivity index (χ1) is 7.45. The average molecular weight is 209 g/mol. The molecule has 0 atom stereocenters. The van der Waals surface area contributed by atoms with Gasteiger partial charge in [0.1, 0.15) is 0 Å². The zero-order chi connectivity index (χ0) is 10.3. The maximum Gasteiger partial charge on any atom is 0.00670 e. The van der Waals surface area contributed by atoms with Crippen LogP contribution in [0.5, 0.6) is 0 Å². The molecule has 0 amide bonds. The fraction of sp³-hybridized carbons (Fsp3) is 1.00. The van der Waals surface area contributed by atoms with E-state index in [4.69, 9.17) is 0 Å². The number of hydrogen-bond donors (Lipinski definition) is 1. The molecule has 0 aliphatic heterocycles. The van der Waals surface area contributed by atoms with Crippen LogP contribution in [0.3, 0.4) is 0 Å². The zero-order valence-corrected chi connectivity index (χ0v) is 10.1. The number of rotatable bonds is 4. The molecule has 1 N–H and O–H groups in total. The minimum atomic E-state index is 0.863. The lowest BCUT2D eigenvalue weighted by Gasteiger charge is -2.25. The molecule has 0 spiro atoms. The summed E-state index contributed by atoms with van der Waals surface area (Å²) in [6.45, 7) is 1.29. The molecule has 0 bridgehead atoms. The minimum absolute atomic E-state index is 0.863. The molecule has 0 heterocycles. The van der Waals surface area contributed by atoms with Gasteiger partial charge in [-0.3, -0.25) is 0 Å². The Morgan fingerprint density at radius 1 is 0.733 bits per heavy atom. The summed E-state index contributed by atoms with van der Waals surface area (Å²) in [5.41, 5.74) is 0. The van der Waals surface area contributed by atoms with Crippen LogP contribution in [0.15, 0.2) is 0 Å². The maximum absolute atomic E-state index is 3.77. The van der Waals surface area contributed by atoms with Crippen molar-refractivity contribution in [1.29, 1.82) is 0 Å². The molecule has 15 heavy (non-hydrogen) atoms. The molecule has 0 aromatic heterocycles. The second kappa shape index (κ2) is 6.52. The second-order valence-electron chi connectivity index (χ2n) is 5.58. The lowest BCUT2D eigenvalue weighted by molar-refractivity contribution is 0.312. The molecule has 88 valence electrons. The standard InChI is InChI=1S/C14H27N/c1-3-7-13(8-4-1)11-12-15-14-9-5-2-6-10-14/h13-15H,1-12H2. The Morgan fingerprint density at radius 2 is 1.33 bits per heavy atom. The van der Waals surface area contributed by atoms with E-state index in [0.717, 1.165) is 12.0 Å². The normalized spacial score (nSPS) is 25.6. The van der Waals surface area contributed by atoms with Crippen LogP contribution in [0, 0.1) is 5.92 Å². The molecule has 1 nitrogen and oxygen atoms in total. The van der Waals surface area contributed by atoms with Gasteiger partial charge in [-0.15, -0.1) is 0 Å². The summed E-state index contributed by atoms with van der Waals surface area (Å²) in [4.78, 5) is 0. The third kappa shape index (κ3) is 4.14. The lowest BCUT2D eigenvalue weighted by Crippen LogP contribution is -2.32. The number of nitrogens with one attached hydrogen (secondary N) is 1. The molecule has 2 aliphatic carbocycles. The second-order valence-corrected chi connectivity index (χ2v) is 5.58. The average Bonchev–Trinajstić information content (AvgIpc) is 2.32. The SMILES string of the molecule is C1CCC(CCNC2CCCCC2)CC1. The number of hydrogen-bond acceptors (Lipinski definition) is 1. The van der Waals surface area contributed by atoms with Gasteiger partial charge in [0.2, 0.25) is 0 Å². The van der Waals surface area contributed by atoms with Crippen LogP contribution in [0.25, 0.3) is 0 Å². The topological polar surface area (TPSA) is 12.0 Å². The molecule has 2 aliphatic rings. The molecular formula is C14H27N. The van der Waals surface area contributed by atoms with Crippen LogP contribution in [-0.4, -0.2) is 12.6 Å². The van der Waals surface area contributed by atoms with Gasteiger partial charge in [-0.05, 0) is 31.7 Å². The van der Waals surface area contributed by atoms with E-state index < -0.39 is 0 Å². The highest BCUT2D eigenvalue weighted by Gasteiger charge is 2.15. The van der Waals surface area contributed by atoms with Gasteiger partial charge in [-0.1, -0.05) is 51.4 Å². The van der Waals surface area contributed by atoms with E-state index in [1.807, 2.05) is 0 Å². The first-order valence-electron chi connectivity index (χ1n) is 7.18. The van der Waals surface area contributed by atoms with Gasteiger partial charge in [0, 0.05) is 6.04 Å². The highest BCUT2D eigenvalue weighted by atomic mass is 14.9. The highest BCUT2D eigenvalue weighted by Crippen LogP contribution is 2.26. The van der Waals surface area contributed by atoms with Gasteiger partial charge in [-0.25, -0.2) is 0 Å². The van der Waals surface area contributed by atoms with E-state index in [9.17, 15) is 0 Å². The molecule has 0 saturated heterocycles. The quantitative estimate of drug-likeness (QED) is 0.741. The Bertz CT molecular complexity index is 137. The maximum atomic E-state index is 3.77. The summed E-state index contributed by atoms with van der Waals surface area (Å²) in [5, 5.41) is 3.77. The van der Waals surface area contributed by atoms with E-state index in [1.165, 1.54) is 77.2 Å². The van der Waals surface area contributed by atoms with Crippen molar-refractivity contribution in [2.24, 2.45) is 5.92 Å². The summed E-state index contributed by atoms with van der Waals surface area (Å²) in [6.07, 6.45) is 16.2. The predicted octanol–water partition coefficient (Wildman–Crippen LogP) is 3.88. The molecule has 0 unspecified atom stereocenters. The first-order valence-corrected chi connectivity index (χ1v) is 7.18. The molecule has 0 aromatic carbocycles. The van der Waals surface area contributed by atoms with Gasteiger partial charge in [0.15, 0.2) is 0 Å². The van der Waals surface area contributed by atoms with Crippen molar-refractivity contribution in [3.63, 3.8) is 0 Å². The van der Waals surface area contributed by atoms with Crippen LogP contribution >= 0.6 is 0 Å². The Morgan fingerprint density at radius 3 is 2.00 bits per heavy atom. The predicted molar refractivity (Wildman–Crippen MR) is 66.1 cm³/mol. The van der Waals surface area contributed by atoms with Crippen LogP contribution in [0.4, 0.5) is 0 Å². The summed E-state index contributed by atoms with van der Waals surface area (Å²) < 4.78 is 0. The fourth-order valence-corrected chi connectivity index (χ4v) is 3.27. The van der Waals surface area contributed by atoms with Gasteiger partial charge in [0.05, 0.1) is 0 Å². The van der Waals surface area contributed by atoms with Crippen LogP contribution in [0.1, 0.15) is 70.6 Å². The molecular weight excluding hydrogens is 182 g/mol. The Kier molecular flexibility index (Phi) is 4.98. The Balaban J connectivity index is 1.53. The zero-order valence-electron chi connectivity index (χ0n) is 10.1. The van der Waals surface area contributed by atoms with Gasteiger partial charge < -0.3 is 5.32 Å². The van der Waals surface area contributed by atoms with Crippen molar-refractivity contribution in [2.45, 2.75) is 76.7 Å². The van der Waals surface area contributed by atoms with Gasteiger partial charge >= 0.3 is 0 Å². The Hall–Kier alpha value is -0.0400. The van der Waals surface area contributed by atoms with Crippen LogP contribution < -0.4 is 5.32 Å². The van der Waals surface area contributed by atoms with Crippen molar-refractivity contribution in [3.05, 3.63) is 0 Å². The van der Waals surface area contributed by atoms with E-state index in [1.54, 1.807) is 0 Å². The van der Waals surface area contributed by atoms with Crippen molar-refractivity contribution >= 4 is 0 Å². The molecule has 0 radical (unpaired) electrons. The van der Waals surface area contributed by atoms with E-state index in [0.29, 0.717) is 0 Å². The summed E-state index contributed by atoms with van der Waals surface area (Å²) in [6, 6.07) is 0.863. The fourth-order valence-electron chi connectivity index (χ4n) is 3.27. The van der Waals surface area contributed by atoms with Gasteiger partial charge in [-0.2, -0.15) is 0 Å². The third-order valence-corrected chi connectivity index (χ3v) is 4.32. The van der Waals surface area contributed by atoms with Crippen LogP contribution in [-0.2, 0) is 0 Å². The molecule has 0 aromatic rings. The van der Waals surface area contributed by atoms with Crippen LogP contribution in [0.2, 0.25) is 0 Å². The molecule has 2 saturated carbocycles. The first kappa shape index (κ1) is 11.4. The molecule has 2 fully saturated rings. The lowest BCUT2D eigenvalue weighted by atomic mass is 9.87. The summed E-state index contributed by atoms with van der Waals surface area (Å²) in [5.74, 6) is 1.05. The van der Waals surface area contributed by atoms with Crippen molar-refractivity contribution in [3.8, 4) is 0 Å². The largest absolute Gasteiger partial charge is 0.314 e. The van der Waals surface area contributed by atoms with Crippen molar-refractivity contribution < 1.29 is 0 Å². The minimum Gasteiger partial charge on any atom is -0.314 e. The summed E-state index contributed by atoms with van der Waals surface area (Å²) >= 11 is 0. The van der Waals surface area contributed by atoms with E-state index in [-0.39, 0.29) is 0 Å². The van der Waals surface area contributed by atoms with Crippen molar-refractivity contribution in [2.75, 3.05) is 6.54 Å². The van der Waals surface area contributed by atoms with Gasteiger partial charge in [0.25, 0.3) is 0 Å². The van der Waals surface area contributed by atoms with E-state index in [2.05, 4.69) is 5.32 Å². The molecule has 2 rings (SSSR count). The Labute approximate surface area is 95.0 Å². The summed E-state index contributed by atoms with van der Waals surface area (Å²) in [7, 11) is 0.